The molecule has 1 heterocycles. The fourth-order valence-corrected chi connectivity index (χ4v) is 1.06. The topological polar surface area (TPSA) is 29.5 Å². The van der Waals surface area contributed by atoms with Gasteiger partial charge in [0.2, 0.25) is 0 Å². The predicted molar refractivity (Wildman–Crippen MR) is 44.1 cm³/mol. The molecule has 1 aliphatic heterocycles. The minimum atomic E-state index is -0.541. The van der Waals surface area contributed by atoms with Crippen molar-refractivity contribution in [2.75, 3.05) is 6.61 Å². The second kappa shape index (κ2) is 4.19. The van der Waals surface area contributed by atoms with Gasteiger partial charge in [0.15, 0.2) is 0 Å². The molecule has 11 heavy (non-hydrogen) atoms. The van der Waals surface area contributed by atoms with Crippen molar-refractivity contribution in [1.82, 2.24) is 0 Å². The number of hydrogen-bond acceptors (Lipinski definition) is 2. The Bertz CT molecular complexity index is 170. The van der Waals surface area contributed by atoms with Crippen LogP contribution >= 0.6 is 0 Å². The molecule has 0 amide bonds. The van der Waals surface area contributed by atoms with Crippen molar-refractivity contribution in [3.63, 3.8) is 0 Å². The van der Waals surface area contributed by atoms with E-state index in [1.165, 1.54) is 0 Å². The van der Waals surface area contributed by atoms with Crippen molar-refractivity contribution in [2.24, 2.45) is 0 Å². The van der Waals surface area contributed by atoms with E-state index >= 15 is 0 Å². The van der Waals surface area contributed by atoms with Crippen molar-refractivity contribution in [1.29, 1.82) is 0 Å². The van der Waals surface area contributed by atoms with Gasteiger partial charge in [0.05, 0.1) is 6.61 Å². The van der Waals surface area contributed by atoms with Crippen LogP contribution in [0.2, 0.25) is 0 Å². The maximum Gasteiger partial charge on any atom is 0.129 e. The molecule has 0 saturated carbocycles. The summed E-state index contributed by atoms with van der Waals surface area (Å²) in [4.78, 5) is 0. The third-order valence-corrected chi connectivity index (χ3v) is 1.63. The number of aliphatic hydroxyl groups is 1. The molecule has 0 saturated heterocycles. The summed E-state index contributed by atoms with van der Waals surface area (Å²) in [6.45, 7) is 2.62. The van der Waals surface area contributed by atoms with Gasteiger partial charge in [-0.1, -0.05) is 12.2 Å². The van der Waals surface area contributed by atoms with E-state index in [0.29, 0.717) is 5.76 Å². The Kier molecular flexibility index (Phi) is 3.17. The van der Waals surface area contributed by atoms with Crippen LogP contribution in [-0.4, -0.2) is 17.8 Å². The van der Waals surface area contributed by atoms with Gasteiger partial charge in [-0.25, -0.2) is 0 Å². The molecule has 1 unspecified atom stereocenters. The lowest BCUT2D eigenvalue weighted by Gasteiger charge is -2.17. The third-order valence-electron chi connectivity index (χ3n) is 1.63. The summed E-state index contributed by atoms with van der Waals surface area (Å²) < 4.78 is 5.25. The lowest BCUT2D eigenvalue weighted by atomic mass is 10.2. The van der Waals surface area contributed by atoms with Crippen LogP contribution < -0.4 is 0 Å². The lowest BCUT2D eigenvalue weighted by Crippen LogP contribution is -2.13. The van der Waals surface area contributed by atoms with Crippen molar-refractivity contribution in [2.45, 2.75) is 25.9 Å². The van der Waals surface area contributed by atoms with E-state index in [0.717, 1.165) is 19.4 Å². The zero-order valence-corrected chi connectivity index (χ0v) is 6.79. The van der Waals surface area contributed by atoms with Gasteiger partial charge in [0.1, 0.15) is 11.9 Å². The summed E-state index contributed by atoms with van der Waals surface area (Å²) in [6, 6.07) is 0. The first-order chi connectivity index (χ1) is 5.34. The second-order valence-corrected chi connectivity index (χ2v) is 2.57. The van der Waals surface area contributed by atoms with E-state index in [-0.39, 0.29) is 0 Å². The van der Waals surface area contributed by atoms with Gasteiger partial charge in [-0.3, -0.25) is 0 Å². The van der Waals surface area contributed by atoms with Crippen LogP contribution in [0.1, 0.15) is 19.8 Å². The molecule has 2 nitrogen and oxygen atoms in total. The zero-order chi connectivity index (χ0) is 8.10. The van der Waals surface area contributed by atoms with Crippen LogP contribution in [-0.2, 0) is 4.74 Å². The Balaban J connectivity index is 2.50. The normalized spacial score (nSPS) is 21.1. The Hall–Kier alpha value is -0.760. The molecular weight excluding hydrogens is 140 g/mol. The SMILES string of the molecule is C/C=C/C(O)C1=CCCCO1. The molecule has 1 N–H and O–H groups in total. The molecule has 0 fully saturated rings. The number of hydrogen-bond donors (Lipinski definition) is 1. The summed E-state index contributed by atoms with van der Waals surface area (Å²) in [5.74, 6) is 0.703. The summed E-state index contributed by atoms with van der Waals surface area (Å²) in [7, 11) is 0. The minimum Gasteiger partial charge on any atom is -0.495 e. The van der Waals surface area contributed by atoms with Crippen molar-refractivity contribution < 1.29 is 9.84 Å². The molecule has 0 aromatic heterocycles. The van der Waals surface area contributed by atoms with Gasteiger partial charge < -0.3 is 9.84 Å². The number of allylic oxidation sites excluding steroid dienone is 2. The Morgan fingerprint density at radius 3 is 3.09 bits per heavy atom. The van der Waals surface area contributed by atoms with Crippen molar-refractivity contribution in [3.8, 4) is 0 Å². The molecule has 0 spiro atoms. The standard InChI is InChI=1S/C9H14O2/c1-2-5-8(10)9-6-3-4-7-11-9/h2,5-6,8,10H,3-4,7H2,1H3/b5-2+. The molecular formula is C9H14O2. The van der Waals surface area contributed by atoms with Crippen LogP contribution in [0.25, 0.3) is 0 Å². The van der Waals surface area contributed by atoms with Crippen molar-refractivity contribution >= 4 is 0 Å². The summed E-state index contributed by atoms with van der Waals surface area (Å²) in [6.07, 6.45) is 7.03. The van der Waals surface area contributed by atoms with E-state index in [9.17, 15) is 5.11 Å². The van der Waals surface area contributed by atoms with Gasteiger partial charge in [-0.05, 0) is 25.8 Å². The lowest BCUT2D eigenvalue weighted by molar-refractivity contribution is 0.115. The van der Waals surface area contributed by atoms with E-state index < -0.39 is 6.10 Å². The van der Waals surface area contributed by atoms with E-state index in [1.54, 1.807) is 6.08 Å². The molecule has 62 valence electrons. The molecule has 0 aromatic rings. The first kappa shape index (κ1) is 8.34. The summed E-state index contributed by atoms with van der Waals surface area (Å²) >= 11 is 0. The highest BCUT2D eigenvalue weighted by Crippen LogP contribution is 2.13. The highest BCUT2D eigenvalue weighted by Gasteiger charge is 2.10. The third kappa shape index (κ3) is 2.39. The fourth-order valence-electron chi connectivity index (χ4n) is 1.06. The Labute approximate surface area is 67.2 Å². The Morgan fingerprint density at radius 1 is 1.73 bits per heavy atom. The highest BCUT2D eigenvalue weighted by atomic mass is 16.5. The number of rotatable bonds is 2. The Morgan fingerprint density at radius 2 is 2.55 bits per heavy atom. The molecule has 1 aliphatic rings. The monoisotopic (exact) mass is 154 g/mol. The van der Waals surface area contributed by atoms with E-state index in [2.05, 4.69) is 0 Å². The number of aliphatic hydroxyl groups excluding tert-OH is 1. The molecule has 0 radical (unpaired) electrons. The molecule has 1 rings (SSSR count). The van der Waals surface area contributed by atoms with Gasteiger partial charge in [0, 0.05) is 0 Å². The largest absolute Gasteiger partial charge is 0.495 e. The van der Waals surface area contributed by atoms with Crippen LogP contribution in [0, 0.1) is 0 Å². The molecule has 0 bridgehead atoms. The minimum absolute atomic E-state index is 0.541. The van der Waals surface area contributed by atoms with Gasteiger partial charge in [-0.2, -0.15) is 0 Å². The number of ether oxygens (including phenoxy) is 1. The molecule has 2 heteroatoms. The quantitative estimate of drug-likeness (QED) is 0.612. The van der Waals surface area contributed by atoms with E-state index in [4.69, 9.17) is 4.74 Å². The van der Waals surface area contributed by atoms with Crippen LogP contribution in [0.15, 0.2) is 24.0 Å². The predicted octanol–water partition coefficient (Wildman–Crippen LogP) is 1.62. The maximum absolute atomic E-state index is 9.39. The molecule has 0 aromatic carbocycles. The van der Waals surface area contributed by atoms with E-state index in [1.807, 2.05) is 19.1 Å². The summed E-state index contributed by atoms with van der Waals surface area (Å²) in [5.41, 5.74) is 0. The van der Waals surface area contributed by atoms with Crippen LogP contribution in [0.5, 0.6) is 0 Å². The molecule has 0 aliphatic carbocycles. The first-order valence-electron chi connectivity index (χ1n) is 3.98. The zero-order valence-electron chi connectivity index (χ0n) is 6.79. The second-order valence-electron chi connectivity index (χ2n) is 2.57. The highest BCUT2D eigenvalue weighted by molar-refractivity contribution is 5.09. The van der Waals surface area contributed by atoms with Gasteiger partial charge >= 0.3 is 0 Å². The smallest absolute Gasteiger partial charge is 0.129 e. The van der Waals surface area contributed by atoms with Crippen LogP contribution in [0.3, 0.4) is 0 Å². The van der Waals surface area contributed by atoms with Crippen molar-refractivity contribution in [3.05, 3.63) is 24.0 Å². The van der Waals surface area contributed by atoms with Gasteiger partial charge in [-0.15, -0.1) is 0 Å². The molecule has 1 atom stereocenters. The fraction of sp³-hybridized carbons (Fsp3) is 0.556. The first-order valence-corrected chi connectivity index (χ1v) is 3.98. The van der Waals surface area contributed by atoms with Gasteiger partial charge in [0.25, 0.3) is 0 Å². The van der Waals surface area contributed by atoms with Crippen LogP contribution in [0.4, 0.5) is 0 Å². The average molecular weight is 154 g/mol. The summed E-state index contributed by atoms with van der Waals surface area (Å²) in [5, 5.41) is 9.39. The maximum atomic E-state index is 9.39. The average Bonchev–Trinajstić information content (AvgIpc) is 2.07.